The van der Waals surface area contributed by atoms with Gasteiger partial charge in [-0.2, -0.15) is 4.31 Å². The molecule has 4 aliphatic rings. The van der Waals surface area contributed by atoms with Gasteiger partial charge in [0.25, 0.3) is 0 Å². The third-order valence-electron chi connectivity index (χ3n) is 7.55. The van der Waals surface area contributed by atoms with Crippen molar-refractivity contribution in [3.8, 4) is 11.5 Å². The number of hydrogen-bond donors (Lipinski definition) is 0. The van der Waals surface area contributed by atoms with Crippen molar-refractivity contribution >= 4 is 38.8 Å². The molecule has 1 spiro atoms. The van der Waals surface area contributed by atoms with E-state index < -0.39 is 39.6 Å². The minimum atomic E-state index is -3.57. The fourth-order valence-electron chi connectivity index (χ4n) is 6.44. The summed E-state index contributed by atoms with van der Waals surface area (Å²) in [7, 11) is -3.57. The smallest absolute Gasteiger partial charge is 0.308 e. The lowest BCUT2D eigenvalue weighted by atomic mass is 9.53. The first-order valence-corrected chi connectivity index (χ1v) is 14.6. The molecule has 2 bridgehead atoms. The van der Waals surface area contributed by atoms with Crippen molar-refractivity contribution in [2.24, 2.45) is 5.92 Å². The molecule has 0 saturated carbocycles. The Kier molecular flexibility index (Phi) is 6.45. The van der Waals surface area contributed by atoms with Crippen LogP contribution in [0.25, 0.3) is 0 Å². The van der Waals surface area contributed by atoms with Crippen LogP contribution in [0.1, 0.15) is 44.7 Å². The van der Waals surface area contributed by atoms with Crippen LogP contribution in [0.5, 0.6) is 11.5 Å². The maximum Gasteiger partial charge on any atom is 0.308 e. The van der Waals surface area contributed by atoms with Crippen LogP contribution in [0.3, 0.4) is 0 Å². The number of piperidine rings is 1. The van der Waals surface area contributed by atoms with Gasteiger partial charge in [0.2, 0.25) is 10.0 Å². The molecule has 0 aromatic heterocycles. The fraction of sp³-hybridized carbons (Fsp3) is 0.560. The molecule has 2 heterocycles. The zero-order valence-electron chi connectivity index (χ0n) is 20.4. The van der Waals surface area contributed by atoms with Crippen LogP contribution in [0.15, 0.2) is 24.3 Å². The van der Waals surface area contributed by atoms with E-state index in [1.54, 1.807) is 16.4 Å². The van der Waals surface area contributed by atoms with Gasteiger partial charge in [-0.05, 0) is 37.0 Å². The quantitative estimate of drug-likeness (QED) is 0.224. The largest absolute Gasteiger partial charge is 0.481 e. The van der Waals surface area contributed by atoms with Gasteiger partial charge >= 0.3 is 11.9 Å². The molecule has 2 unspecified atom stereocenters. The van der Waals surface area contributed by atoms with Gasteiger partial charge in [-0.25, -0.2) is 8.42 Å². The zero-order chi connectivity index (χ0) is 25.8. The highest BCUT2D eigenvalue weighted by Gasteiger charge is 2.66. The average molecular weight is 536 g/mol. The van der Waals surface area contributed by atoms with E-state index in [4.69, 9.17) is 14.2 Å². The standard InChI is InChI=1S/C25H29NO8S2/c1-14(27)32-20-7-5-17-13-19-18-6-8-21(33-15(2)28)24-25(18,22(17)23(20)34-24)9-10-26(19)36(30,31)12-4-11-35-16(3)29/h5-8,18-19,21,24H,4,9-13H2,1-3H3/t18?,19?,21-,24-,25-/m0/s1. The lowest BCUT2D eigenvalue weighted by molar-refractivity contribution is -0.151. The number of sulfonamides is 1. The summed E-state index contributed by atoms with van der Waals surface area (Å²) in [5.41, 5.74) is 1.28. The second-order valence-electron chi connectivity index (χ2n) is 9.73. The number of benzene rings is 1. The van der Waals surface area contributed by atoms with E-state index in [1.165, 1.54) is 20.8 Å². The molecule has 5 atom stereocenters. The second kappa shape index (κ2) is 9.18. The molecule has 0 radical (unpaired) electrons. The Bertz CT molecular complexity index is 1260. The lowest BCUT2D eigenvalue weighted by Crippen LogP contribution is -2.66. The van der Waals surface area contributed by atoms with Crippen LogP contribution in [-0.2, 0) is 41.0 Å². The summed E-state index contributed by atoms with van der Waals surface area (Å²) in [4.78, 5) is 34.9. The third-order valence-corrected chi connectivity index (χ3v) is 10.4. The number of ether oxygens (including phenoxy) is 3. The molecular weight excluding hydrogens is 506 g/mol. The summed E-state index contributed by atoms with van der Waals surface area (Å²) in [6.07, 6.45) is 3.94. The first-order valence-electron chi connectivity index (χ1n) is 12.0. The topological polar surface area (TPSA) is 116 Å². The van der Waals surface area contributed by atoms with Crippen molar-refractivity contribution in [2.75, 3.05) is 18.1 Å². The number of esters is 2. The molecular formula is C25H29NO8S2. The summed E-state index contributed by atoms with van der Waals surface area (Å²) in [6.45, 7) is 4.45. The Morgan fingerprint density at radius 3 is 2.64 bits per heavy atom. The number of carbonyl (C=O) groups is 3. The van der Waals surface area contributed by atoms with Gasteiger partial charge in [-0.1, -0.05) is 23.9 Å². The molecule has 0 amide bonds. The second-order valence-corrected chi connectivity index (χ2v) is 13.0. The summed E-state index contributed by atoms with van der Waals surface area (Å²) in [5, 5.41) is -0.0259. The summed E-state index contributed by atoms with van der Waals surface area (Å²) >= 11 is 1.14. The average Bonchev–Trinajstić information content (AvgIpc) is 3.13. The lowest BCUT2D eigenvalue weighted by Gasteiger charge is -2.56. The number of hydrogen-bond acceptors (Lipinski definition) is 9. The van der Waals surface area contributed by atoms with Crippen molar-refractivity contribution in [3.63, 3.8) is 0 Å². The summed E-state index contributed by atoms with van der Waals surface area (Å²) in [6, 6.07) is 3.25. The molecule has 194 valence electrons. The van der Waals surface area contributed by atoms with Gasteiger partial charge in [0.1, 0.15) is 6.10 Å². The van der Waals surface area contributed by atoms with Gasteiger partial charge in [-0.15, -0.1) is 0 Å². The van der Waals surface area contributed by atoms with Crippen molar-refractivity contribution < 1.29 is 37.0 Å². The van der Waals surface area contributed by atoms with Gasteiger partial charge in [-0.3, -0.25) is 14.4 Å². The highest BCUT2D eigenvalue weighted by molar-refractivity contribution is 8.13. The zero-order valence-corrected chi connectivity index (χ0v) is 22.0. The Hall–Kier alpha value is -2.37. The van der Waals surface area contributed by atoms with Crippen molar-refractivity contribution in [2.45, 2.75) is 63.7 Å². The fourth-order valence-corrected chi connectivity index (χ4v) is 8.93. The normalized spacial score (nSPS) is 29.8. The Morgan fingerprint density at radius 1 is 1.17 bits per heavy atom. The van der Waals surface area contributed by atoms with Crippen molar-refractivity contribution in [1.82, 2.24) is 4.31 Å². The number of rotatable bonds is 7. The van der Waals surface area contributed by atoms with Crippen LogP contribution in [0, 0.1) is 5.92 Å². The first-order chi connectivity index (χ1) is 17.0. The van der Waals surface area contributed by atoms with E-state index >= 15 is 0 Å². The molecule has 36 heavy (non-hydrogen) atoms. The van der Waals surface area contributed by atoms with E-state index in [1.807, 2.05) is 12.1 Å². The molecule has 1 saturated heterocycles. The molecule has 11 heteroatoms. The van der Waals surface area contributed by atoms with Crippen LogP contribution in [0.2, 0.25) is 0 Å². The summed E-state index contributed by atoms with van der Waals surface area (Å²) in [5.74, 6) is 0.154. The molecule has 5 rings (SSSR count). The maximum absolute atomic E-state index is 13.4. The van der Waals surface area contributed by atoms with Crippen molar-refractivity contribution in [1.29, 1.82) is 0 Å². The third kappa shape index (κ3) is 4.05. The van der Waals surface area contributed by atoms with Crippen LogP contribution >= 0.6 is 11.8 Å². The minimum absolute atomic E-state index is 0.0211. The maximum atomic E-state index is 13.4. The van der Waals surface area contributed by atoms with E-state index in [0.29, 0.717) is 43.1 Å². The molecule has 9 nitrogen and oxygen atoms in total. The Morgan fingerprint density at radius 2 is 1.94 bits per heavy atom. The number of carbonyl (C=O) groups excluding carboxylic acids is 3. The van der Waals surface area contributed by atoms with Gasteiger partial charge in [0, 0.05) is 56.0 Å². The van der Waals surface area contributed by atoms with Crippen molar-refractivity contribution in [3.05, 3.63) is 35.4 Å². The van der Waals surface area contributed by atoms with E-state index in [2.05, 4.69) is 0 Å². The highest BCUT2D eigenvalue weighted by atomic mass is 32.2. The molecule has 1 aromatic rings. The van der Waals surface area contributed by atoms with Crippen LogP contribution in [-0.4, -0.2) is 66.1 Å². The van der Waals surface area contributed by atoms with E-state index in [-0.39, 0.29) is 22.8 Å². The predicted molar refractivity (Wildman–Crippen MR) is 132 cm³/mol. The minimum Gasteiger partial charge on any atom is -0.481 e. The SMILES string of the molecule is CC(=O)Oc1ccc2c3c1O[C@H]1[C@@H](OC(C)=O)C=CC4C(C2)N(S(=O)(=O)CCCSC(C)=O)CC[C@@]341. The van der Waals surface area contributed by atoms with Gasteiger partial charge in [0.15, 0.2) is 22.7 Å². The molecule has 1 fully saturated rings. The van der Waals surface area contributed by atoms with Gasteiger partial charge < -0.3 is 14.2 Å². The first kappa shape index (κ1) is 25.3. The van der Waals surface area contributed by atoms with E-state index in [9.17, 15) is 22.8 Å². The molecule has 2 aliphatic carbocycles. The van der Waals surface area contributed by atoms with E-state index in [0.717, 1.165) is 22.9 Å². The Balaban J connectivity index is 1.54. The van der Waals surface area contributed by atoms with Gasteiger partial charge in [0.05, 0.1) is 5.75 Å². The van der Waals surface area contributed by atoms with Crippen LogP contribution in [0.4, 0.5) is 0 Å². The number of nitrogens with zero attached hydrogens (tertiary/aromatic N) is 1. The molecule has 1 aromatic carbocycles. The molecule has 2 aliphatic heterocycles. The van der Waals surface area contributed by atoms with Crippen LogP contribution < -0.4 is 9.47 Å². The monoisotopic (exact) mass is 535 g/mol. The summed E-state index contributed by atoms with van der Waals surface area (Å²) < 4.78 is 46.0. The number of thioether (sulfide) groups is 1. The molecule has 0 N–H and O–H groups in total. The highest BCUT2D eigenvalue weighted by Crippen LogP contribution is 2.63. The predicted octanol–water partition coefficient (Wildman–Crippen LogP) is 2.36. The Labute approximate surface area is 214 Å².